The molecule has 5 nitrogen and oxygen atoms in total. The van der Waals surface area contributed by atoms with E-state index in [1.165, 1.54) is 42.5 Å². The van der Waals surface area contributed by atoms with Crippen LogP contribution in [0.25, 0.3) is 0 Å². The highest BCUT2D eigenvalue weighted by Crippen LogP contribution is 2.49. The van der Waals surface area contributed by atoms with Crippen LogP contribution >= 0.6 is 46.4 Å². The summed E-state index contributed by atoms with van der Waals surface area (Å²) in [7, 11) is -1.93. The van der Waals surface area contributed by atoms with Gasteiger partial charge in [-0.25, -0.2) is 4.21 Å². The molecule has 0 radical (unpaired) electrons. The lowest BCUT2D eigenvalue weighted by molar-refractivity contribution is -0.275. The summed E-state index contributed by atoms with van der Waals surface area (Å²) in [6.45, 7) is 1.59. The lowest BCUT2D eigenvalue weighted by Crippen LogP contribution is -2.42. The molecule has 0 aromatic heterocycles. The molecule has 2 atom stereocenters. The van der Waals surface area contributed by atoms with E-state index in [-0.39, 0.29) is 41.8 Å². The van der Waals surface area contributed by atoms with Crippen molar-refractivity contribution in [3.63, 3.8) is 0 Å². The van der Waals surface area contributed by atoms with Crippen LogP contribution < -0.4 is 4.72 Å². The molecule has 3 aromatic carbocycles. The van der Waals surface area contributed by atoms with Crippen molar-refractivity contribution in [1.82, 2.24) is 4.72 Å². The molecule has 4 rings (SSSR count). The van der Waals surface area contributed by atoms with Gasteiger partial charge in [-0.1, -0.05) is 57.6 Å². The maximum absolute atomic E-state index is 14.2. The number of rotatable bonds is 5. The Balaban J connectivity index is 1.56. The minimum atomic E-state index is -4.84. The Bertz CT molecular complexity index is 1450. The second-order valence-corrected chi connectivity index (χ2v) is 11.0. The molecule has 0 fully saturated rings. The molecular weight excluding hydrogens is 595 g/mol. The molecule has 1 aliphatic rings. The molecule has 0 saturated carbocycles. The van der Waals surface area contributed by atoms with Gasteiger partial charge in [-0.3, -0.25) is 9.52 Å². The first-order valence-corrected chi connectivity index (χ1v) is 13.0. The van der Waals surface area contributed by atoms with E-state index in [2.05, 4.69) is 9.88 Å². The van der Waals surface area contributed by atoms with Crippen molar-refractivity contribution in [3.05, 3.63) is 96.9 Å². The Morgan fingerprint density at radius 3 is 2.27 bits per heavy atom. The monoisotopic (exact) mass is 608 g/mol. The van der Waals surface area contributed by atoms with Crippen LogP contribution in [0.4, 0.5) is 13.2 Å². The Morgan fingerprint density at radius 2 is 1.68 bits per heavy atom. The molecule has 37 heavy (non-hydrogen) atoms. The number of nitrogens with zero attached hydrogens (tertiary/aromatic N) is 1. The number of hydrogen-bond acceptors (Lipinski definition) is 4. The van der Waals surface area contributed by atoms with E-state index in [0.717, 1.165) is 12.1 Å². The number of nitrogens with one attached hydrogen (secondary N) is 1. The van der Waals surface area contributed by atoms with E-state index < -0.39 is 35.1 Å². The Hall–Kier alpha value is -2.30. The van der Waals surface area contributed by atoms with Crippen LogP contribution in [0.1, 0.15) is 33.5 Å². The maximum Gasteiger partial charge on any atom is 0.435 e. The normalized spacial score (nSPS) is 18.2. The van der Waals surface area contributed by atoms with E-state index in [1.807, 2.05) is 0 Å². The molecule has 2 unspecified atom stereocenters. The number of aryl methyl sites for hydroxylation is 1. The summed E-state index contributed by atoms with van der Waals surface area (Å²) in [6.07, 6.45) is -5.48. The Labute approximate surface area is 232 Å². The first-order valence-electron chi connectivity index (χ1n) is 10.4. The van der Waals surface area contributed by atoms with Gasteiger partial charge in [0.1, 0.15) is 0 Å². The summed E-state index contributed by atoms with van der Waals surface area (Å²) < 4.78 is 57.6. The molecule has 194 valence electrons. The second-order valence-electron chi connectivity index (χ2n) is 8.09. The predicted octanol–water partition coefficient (Wildman–Crippen LogP) is 7.64. The standard InChI is InChI=1S/C24H15Cl4F3N2O3S/c1-12-6-13(2-4-18(12)22(34)33-37(35)17-3-5-19(27)20(28)10-17)21-11-23(36-32-21,24(29,30)31)14-7-15(25)9-16(26)8-14/h2-10H,11H2,1H3,(H,33,34). The number of benzene rings is 3. The fourth-order valence-electron chi connectivity index (χ4n) is 3.73. The lowest BCUT2D eigenvalue weighted by atomic mass is 9.86. The summed E-state index contributed by atoms with van der Waals surface area (Å²) in [5.74, 6) is -0.656. The quantitative estimate of drug-likeness (QED) is 0.323. The molecule has 1 N–H and O–H groups in total. The summed E-state index contributed by atoms with van der Waals surface area (Å²) in [5, 5.41) is 4.21. The Kier molecular flexibility index (Phi) is 7.84. The van der Waals surface area contributed by atoms with Crippen LogP contribution in [0, 0.1) is 6.92 Å². The van der Waals surface area contributed by atoms with Gasteiger partial charge in [0.15, 0.2) is 11.0 Å². The number of amides is 1. The van der Waals surface area contributed by atoms with E-state index in [0.29, 0.717) is 11.1 Å². The van der Waals surface area contributed by atoms with Crippen molar-refractivity contribution in [1.29, 1.82) is 0 Å². The van der Waals surface area contributed by atoms with Gasteiger partial charge in [0, 0.05) is 27.6 Å². The van der Waals surface area contributed by atoms with Crippen molar-refractivity contribution < 1.29 is 27.0 Å². The number of oxime groups is 1. The zero-order valence-electron chi connectivity index (χ0n) is 18.6. The molecule has 0 aliphatic carbocycles. The second kappa shape index (κ2) is 10.5. The molecule has 3 aromatic rings. The maximum atomic E-state index is 14.2. The Morgan fingerprint density at radius 1 is 1.00 bits per heavy atom. The van der Waals surface area contributed by atoms with Crippen LogP contribution in [-0.4, -0.2) is 22.0 Å². The summed E-state index contributed by atoms with van der Waals surface area (Å²) in [4.78, 5) is 18.0. The third-order valence-electron chi connectivity index (χ3n) is 5.61. The molecule has 1 amide bonds. The average molecular weight is 610 g/mol. The predicted molar refractivity (Wildman–Crippen MR) is 138 cm³/mol. The van der Waals surface area contributed by atoms with Crippen LogP contribution in [0.15, 0.2) is 64.6 Å². The largest absolute Gasteiger partial charge is 0.435 e. The minimum Gasteiger partial charge on any atom is -0.374 e. The van der Waals surface area contributed by atoms with Gasteiger partial charge in [-0.05, 0) is 66.6 Å². The molecule has 0 saturated heterocycles. The first kappa shape index (κ1) is 27.7. The fourth-order valence-corrected chi connectivity index (χ4v) is 5.44. The third kappa shape index (κ3) is 5.61. The van der Waals surface area contributed by atoms with Gasteiger partial charge in [-0.2, -0.15) is 13.2 Å². The van der Waals surface area contributed by atoms with Crippen molar-refractivity contribution in [2.45, 2.75) is 30.0 Å². The van der Waals surface area contributed by atoms with Gasteiger partial charge < -0.3 is 4.84 Å². The first-order chi connectivity index (χ1) is 17.3. The fraction of sp³-hybridized carbons (Fsp3) is 0.167. The number of hydrogen-bond donors (Lipinski definition) is 1. The van der Waals surface area contributed by atoms with Gasteiger partial charge in [0.2, 0.25) is 0 Å². The van der Waals surface area contributed by atoms with Crippen LogP contribution in [-0.2, 0) is 21.4 Å². The number of halogens is 7. The van der Waals surface area contributed by atoms with Crippen LogP contribution in [0.5, 0.6) is 0 Å². The third-order valence-corrected chi connectivity index (χ3v) is 7.84. The summed E-state index contributed by atoms with van der Waals surface area (Å²) in [6, 6.07) is 12.2. The highest BCUT2D eigenvalue weighted by Gasteiger charge is 2.62. The van der Waals surface area contributed by atoms with E-state index in [4.69, 9.17) is 51.2 Å². The number of carbonyl (C=O) groups excluding carboxylic acids is 1. The molecule has 1 aliphatic heterocycles. The SMILES string of the molecule is Cc1cc(C2=NOC(c3cc(Cl)cc(Cl)c3)(C(F)(F)F)C2)ccc1C(=O)NS(=O)c1ccc(Cl)c(Cl)c1. The van der Waals surface area contributed by atoms with Crippen molar-refractivity contribution in [3.8, 4) is 0 Å². The smallest absolute Gasteiger partial charge is 0.374 e. The zero-order chi connectivity index (χ0) is 27.1. The summed E-state index contributed by atoms with van der Waals surface area (Å²) >= 11 is 23.7. The molecule has 0 spiro atoms. The zero-order valence-corrected chi connectivity index (χ0v) is 22.5. The summed E-state index contributed by atoms with van der Waals surface area (Å²) in [5.41, 5.74) is -2.15. The van der Waals surface area contributed by atoms with Gasteiger partial charge in [-0.15, -0.1) is 0 Å². The van der Waals surface area contributed by atoms with Crippen molar-refractivity contribution in [2.75, 3.05) is 0 Å². The van der Waals surface area contributed by atoms with Crippen LogP contribution in [0.3, 0.4) is 0 Å². The number of carbonyl (C=O) groups is 1. The minimum absolute atomic E-state index is 0.0165. The van der Waals surface area contributed by atoms with Crippen molar-refractivity contribution in [2.24, 2.45) is 5.16 Å². The van der Waals surface area contributed by atoms with Crippen LogP contribution in [0.2, 0.25) is 20.1 Å². The molecule has 0 bridgehead atoms. The highest BCUT2D eigenvalue weighted by molar-refractivity contribution is 7.83. The molecular formula is C24H15Cl4F3N2O3S. The average Bonchev–Trinajstić information content (AvgIpc) is 3.27. The molecule has 13 heteroatoms. The van der Waals surface area contributed by atoms with Gasteiger partial charge in [0.05, 0.1) is 20.7 Å². The van der Waals surface area contributed by atoms with E-state index in [9.17, 15) is 22.2 Å². The van der Waals surface area contributed by atoms with E-state index in [1.54, 1.807) is 6.92 Å². The number of alkyl halides is 3. The van der Waals surface area contributed by atoms with Gasteiger partial charge >= 0.3 is 6.18 Å². The van der Waals surface area contributed by atoms with E-state index >= 15 is 0 Å². The highest BCUT2D eigenvalue weighted by atomic mass is 35.5. The van der Waals surface area contributed by atoms with Gasteiger partial charge in [0.25, 0.3) is 11.5 Å². The topological polar surface area (TPSA) is 67.8 Å². The lowest BCUT2D eigenvalue weighted by Gasteiger charge is -2.29. The van der Waals surface area contributed by atoms with Crippen molar-refractivity contribution >= 4 is 69.0 Å². The molecule has 1 heterocycles.